The highest BCUT2D eigenvalue weighted by molar-refractivity contribution is 6.30. The van der Waals surface area contributed by atoms with Gasteiger partial charge in [-0.25, -0.2) is 0 Å². The van der Waals surface area contributed by atoms with Crippen LogP contribution in [0.5, 0.6) is 0 Å². The minimum absolute atomic E-state index is 0.0725. The van der Waals surface area contributed by atoms with Crippen LogP contribution in [0.1, 0.15) is 12.0 Å². The fourth-order valence-electron chi connectivity index (χ4n) is 0.905. The molecule has 0 saturated heterocycles. The first-order valence-electron chi connectivity index (χ1n) is 3.88. The maximum Gasteiger partial charge on any atom is 0.0540 e. The number of hydrogen-bond donors (Lipinski definition) is 2. The summed E-state index contributed by atoms with van der Waals surface area (Å²) < 4.78 is 0. The van der Waals surface area contributed by atoms with Crippen molar-refractivity contribution in [3.8, 4) is 11.8 Å². The Morgan fingerprint density at radius 1 is 1.38 bits per heavy atom. The fraction of sp³-hybridized carbons (Fsp3) is 0.200. The number of benzene rings is 1. The van der Waals surface area contributed by atoms with Crippen LogP contribution in [0, 0.1) is 11.8 Å². The van der Waals surface area contributed by atoms with E-state index in [2.05, 4.69) is 11.8 Å². The molecular formula is C10H10ClNO. The number of halogens is 1. The molecule has 2 nitrogen and oxygen atoms in total. The summed E-state index contributed by atoms with van der Waals surface area (Å²) in [6.45, 7) is 0.0725. The topological polar surface area (TPSA) is 46.2 Å². The Bertz CT molecular complexity index is 331. The summed E-state index contributed by atoms with van der Waals surface area (Å²) >= 11 is 5.77. The molecule has 1 aromatic carbocycles. The van der Waals surface area contributed by atoms with Gasteiger partial charge in [-0.15, -0.1) is 0 Å². The van der Waals surface area contributed by atoms with Crippen molar-refractivity contribution in [2.24, 2.45) is 0 Å². The number of nitrogens with two attached hydrogens (primary N) is 1. The number of hydrogen-bond acceptors (Lipinski definition) is 2. The second-order valence-electron chi connectivity index (χ2n) is 2.55. The van der Waals surface area contributed by atoms with Gasteiger partial charge >= 0.3 is 0 Å². The zero-order valence-corrected chi connectivity index (χ0v) is 7.80. The van der Waals surface area contributed by atoms with Crippen LogP contribution in [0.15, 0.2) is 18.2 Å². The van der Waals surface area contributed by atoms with Crippen LogP contribution in [0.3, 0.4) is 0 Å². The highest BCUT2D eigenvalue weighted by atomic mass is 35.5. The summed E-state index contributed by atoms with van der Waals surface area (Å²) in [7, 11) is 0. The standard InChI is InChI=1S/C10H10ClNO/c11-9-5-8(3-1-2-4-13)6-10(12)7-9/h5-7,13H,2,4,12H2. The minimum Gasteiger partial charge on any atom is -0.399 e. The van der Waals surface area contributed by atoms with Crippen molar-refractivity contribution >= 4 is 17.3 Å². The van der Waals surface area contributed by atoms with Gasteiger partial charge in [0.25, 0.3) is 0 Å². The summed E-state index contributed by atoms with van der Waals surface area (Å²) in [6.07, 6.45) is 0.465. The lowest BCUT2D eigenvalue weighted by atomic mass is 10.2. The Morgan fingerprint density at radius 3 is 2.77 bits per heavy atom. The summed E-state index contributed by atoms with van der Waals surface area (Å²) in [5.74, 6) is 5.64. The van der Waals surface area contributed by atoms with Crippen molar-refractivity contribution in [3.05, 3.63) is 28.8 Å². The average molecular weight is 196 g/mol. The molecule has 0 aliphatic heterocycles. The van der Waals surface area contributed by atoms with E-state index in [-0.39, 0.29) is 6.61 Å². The molecule has 0 saturated carbocycles. The molecule has 0 atom stereocenters. The molecule has 3 N–H and O–H groups in total. The second-order valence-corrected chi connectivity index (χ2v) is 2.99. The molecule has 0 amide bonds. The van der Waals surface area contributed by atoms with Gasteiger partial charge in [0.05, 0.1) is 6.61 Å². The van der Waals surface area contributed by atoms with Crippen LogP contribution in [0.2, 0.25) is 5.02 Å². The molecule has 0 bridgehead atoms. The van der Waals surface area contributed by atoms with E-state index in [0.717, 1.165) is 5.56 Å². The Hall–Kier alpha value is -1.17. The zero-order chi connectivity index (χ0) is 9.68. The fourth-order valence-corrected chi connectivity index (χ4v) is 1.15. The lowest BCUT2D eigenvalue weighted by Gasteiger charge is -1.95. The van der Waals surface area contributed by atoms with Gasteiger partial charge in [-0.05, 0) is 18.2 Å². The van der Waals surface area contributed by atoms with E-state index in [1.807, 2.05) is 0 Å². The Morgan fingerprint density at radius 2 is 2.15 bits per heavy atom. The normalized spacial score (nSPS) is 9.08. The average Bonchev–Trinajstić information content (AvgIpc) is 2.03. The van der Waals surface area contributed by atoms with Gasteiger partial charge < -0.3 is 10.8 Å². The smallest absolute Gasteiger partial charge is 0.0540 e. The number of aliphatic hydroxyl groups excluding tert-OH is 1. The molecular weight excluding hydrogens is 186 g/mol. The summed E-state index contributed by atoms with van der Waals surface area (Å²) in [5, 5.41) is 9.08. The lowest BCUT2D eigenvalue weighted by Crippen LogP contribution is -1.86. The Kier molecular flexibility index (Phi) is 3.63. The third-order valence-electron chi connectivity index (χ3n) is 1.39. The van der Waals surface area contributed by atoms with E-state index in [9.17, 15) is 0 Å². The van der Waals surface area contributed by atoms with Crippen molar-refractivity contribution < 1.29 is 5.11 Å². The molecule has 0 aromatic heterocycles. The van der Waals surface area contributed by atoms with E-state index in [0.29, 0.717) is 17.1 Å². The second kappa shape index (κ2) is 4.76. The van der Waals surface area contributed by atoms with Crippen LogP contribution >= 0.6 is 11.6 Å². The number of aliphatic hydroxyl groups is 1. The van der Waals surface area contributed by atoms with E-state index in [4.69, 9.17) is 22.4 Å². The number of nitrogen functional groups attached to an aromatic ring is 1. The van der Waals surface area contributed by atoms with Gasteiger partial charge in [-0.3, -0.25) is 0 Å². The molecule has 0 spiro atoms. The predicted molar refractivity (Wildman–Crippen MR) is 54.4 cm³/mol. The van der Waals surface area contributed by atoms with E-state index < -0.39 is 0 Å². The van der Waals surface area contributed by atoms with Crippen LogP contribution in [-0.2, 0) is 0 Å². The molecule has 0 heterocycles. The first kappa shape index (κ1) is 9.91. The summed E-state index contributed by atoms with van der Waals surface area (Å²) in [4.78, 5) is 0. The van der Waals surface area contributed by atoms with Crippen molar-refractivity contribution in [1.29, 1.82) is 0 Å². The van der Waals surface area contributed by atoms with Crippen LogP contribution in [0.25, 0.3) is 0 Å². The van der Waals surface area contributed by atoms with Crippen molar-refractivity contribution in [1.82, 2.24) is 0 Å². The molecule has 0 aliphatic carbocycles. The van der Waals surface area contributed by atoms with Crippen molar-refractivity contribution in [2.45, 2.75) is 6.42 Å². The lowest BCUT2D eigenvalue weighted by molar-refractivity contribution is 0.305. The highest BCUT2D eigenvalue weighted by Gasteiger charge is 1.93. The van der Waals surface area contributed by atoms with Gasteiger partial charge in [0, 0.05) is 22.7 Å². The molecule has 0 fully saturated rings. The van der Waals surface area contributed by atoms with Crippen molar-refractivity contribution in [3.63, 3.8) is 0 Å². The van der Waals surface area contributed by atoms with E-state index in [1.165, 1.54) is 0 Å². The van der Waals surface area contributed by atoms with Crippen LogP contribution in [0.4, 0.5) is 5.69 Å². The van der Waals surface area contributed by atoms with Gasteiger partial charge in [0.1, 0.15) is 0 Å². The SMILES string of the molecule is Nc1cc(Cl)cc(C#CCCO)c1. The zero-order valence-electron chi connectivity index (χ0n) is 7.05. The molecule has 1 rings (SSSR count). The third kappa shape index (κ3) is 3.37. The molecule has 1 aromatic rings. The molecule has 0 aliphatic rings. The molecule has 0 radical (unpaired) electrons. The van der Waals surface area contributed by atoms with Crippen LogP contribution < -0.4 is 5.73 Å². The predicted octanol–water partition coefficient (Wildman–Crippen LogP) is 1.66. The van der Waals surface area contributed by atoms with Gasteiger partial charge in [0.2, 0.25) is 0 Å². The minimum atomic E-state index is 0.0725. The quantitative estimate of drug-likeness (QED) is 0.529. The molecule has 3 heteroatoms. The number of rotatable bonds is 1. The molecule has 0 unspecified atom stereocenters. The van der Waals surface area contributed by atoms with E-state index >= 15 is 0 Å². The highest BCUT2D eigenvalue weighted by Crippen LogP contribution is 2.15. The summed E-state index contributed by atoms with van der Waals surface area (Å²) in [6, 6.07) is 5.15. The number of anilines is 1. The maximum atomic E-state index is 8.50. The van der Waals surface area contributed by atoms with Crippen molar-refractivity contribution in [2.75, 3.05) is 12.3 Å². The largest absolute Gasteiger partial charge is 0.399 e. The maximum absolute atomic E-state index is 8.50. The van der Waals surface area contributed by atoms with Gasteiger partial charge in [0.15, 0.2) is 0 Å². The van der Waals surface area contributed by atoms with Gasteiger partial charge in [-0.1, -0.05) is 23.4 Å². The first-order chi connectivity index (χ1) is 6.22. The van der Waals surface area contributed by atoms with Crippen LogP contribution in [-0.4, -0.2) is 11.7 Å². The van der Waals surface area contributed by atoms with Gasteiger partial charge in [-0.2, -0.15) is 0 Å². The summed E-state index contributed by atoms with van der Waals surface area (Å²) in [5.41, 5.74) is 6.94. The Balaban J connectivity index is 2.85. The first-order valence-corrected chi connectivity index (χ1v) is 4.26. The third-order valence-corrected chi connectivity index (χ3v) is 1.61. The Labute approximate surface area is 82.3 Å². The van der Waals surface area contributed by atoms with E-state index in [1.54, 1.807) is 18.2 Å². The molecule has 13 heavy (non-hydrogen) atoms. The molecule has 68 valence electrons. The monoisotopic (exact) mass is 195 g/mol.